The SMILES string of the molecule is O=C1c2ccc3c4c(ccc(c24)C2=Nc4sccc4C12)C(=O)C1C3=Nc2sccc21. The standard InChI is InChI=1S/C24H10N2O2S2/c27-21-11-3-1-9-15-12(22(28)17-13-5-7-29-23(13)25-19(9)17)4-2-10(16(11)15)20-18(21)14-6-8-30-24(14)26-20/h1-8,17-18H. The zero-order valence-electron chi connectivity index (χ0n) is 15.3. The topological polar surface area (TPSA) is 58.9 Å². The number of nitrogens with zero attached hydrogens (tertiary/aromatic N) is 2. The van der Waals surface area contributed by atoms with Gasteiger partial charge in [-0.05, 0) is 22.9 Å². The second-order valence-electron chi connectivity index (χ2n) is 8.02. The molecular weight excluding hydrogens is 412 g/mol. The van der Waals surface area contributed by atoms with Gasteiger partial charge in [0.05, 0.1) is 23.3 Å². The fourth-order valence-electron chi connectivity index (χ4n) is 5.49. The van der Waals surface area contributed by atoms with Crippen molar-refractivity contribution in [1.29, 1.82) is 0 Å². The van der Waals surface area contributed by atoms with Gasteiger partial charge in [-0.15, -0.1) is 22.7 Å². The number of thiophene rings is 2. The minimum Gasteiger partial charge on any atom is -0.293 e. The molecule has 2 aromatic heterocycles. The monoisotopic (exact) mass is 422 g/mol. The fraction of sp³-hybridized carbons (Fsp3) is 0.0833. The number of hydrogen-bond donors (Lipinski definition) is 0. The molecule has 0 spiro atoms. The molecule has 2 aliphatic heterocycles. The average molecular weight is 422 g/mol. The van der Waals surface area contributed by atoms with Crippen LogP contribution in [0.5, 0.6) is 0 Å². The number of fused-ring (bicyclic) bond motifs is 8. The first kappa shape index (κ1) is 15.6. The molecule has 2 unspecified atom stereocenters. The zero-order chi connectivity index (χ0) is 19.7. The molecule has 4 nitrogen and oxygen atoms in total. The van der Waals surface area contributed by atoms with E-state index in [2.05, 4.69) is 0 Å². The summed E-state index contributed by atoms with van der Waals surface area (Å²) in [6, 6.07) is 11.8. The molecular formula is C24H10N2O2S2. The van der Waals surface area contributed by atoms with Gasteiger partial charge < -0.3 is 0 Å². The molecule has 0 fully saturated rings. The Balaban J connectivity index is 1.49. The largest absolute Gasteiger partial charge is 0.293 e. The third kappa shape index (κ3) is 1.56. The van der Waals surface area contributed by atoms with Crippen molar-refractivity contribution in [2.24, 2.45) is 9.98 Å². The lowest BCUT2D eigenvalue weighted by molar-refractivity contribution is 0.0974. The minimum atomic E-state index is -0.333. The van der Waals surface area contributed by atoms with E-state index in [9.17, 15) is 9.59 Å². The Labute approximate surface area is 178 Å². The maximum Gasteiger partial charge on any atom is 0.177 e. The van der Waals surface area contributed by atoms with E-state index in [1.807, 2.05) is 47.2 Å². The van der Waals surface area contributed by atoms with Gasteiger partial charge in [-0.2, -0.15) is 0 Å². The smallest absolute Gasteiger partial charge is 0.177 e. The summed E-state index contributed by atoms with van der Waals surface area (Å²) in [6.07, 6.45) is 0. The van der Waals surface area contributed by atoms with Crippen molar-refractivity contribution >= 4 is 66.4 Å². The van der Waals surface area contributed by atoms with Crippen LogP contribution in [0.4, 0.5) is 10.0 Å². The molecule has 30 heavy (non-hydrogen) atoms. The van der Waals surface area contributed by atoms with Crippen LogP contribution < -0.4 is 0 Å². The zero-order valence-corrected chi connectivity index (χ0v) is 16.9. The third-order valence-corrected chi connectivity index (χ3v) is 8.37. The van der Waals surface area contributed by atoms with Crippen molar-refractivity contribution in [3.8, 4) is 0 Å². The summed E-state index contributed by atoms with van der Waals surface area (Å²) >= 11 is 3.13. The van der Waals surface area contributed by atoms with Gasteiger partial charge in [0.1, 0.15) is 10.0 Å². The van der Waals surface area contributed by atoms with E-state index < -0.39 is 0 Å². The number of ketones is 2. The molecule has 4 aliphatic rings. The summed E-state index contributed by atoms with van der Waals surface area (Å²) in [5, 5.41) is 7.55. The van der Waals surface area contributed by atoms with Crippen LogP contribution in [0.15, 0.2) is 57.1 Å². The van der Waals surface area contributed by atoms with E-state index in [4.69, 9.17) is 9.98 Å². The van der Waals surface area contributed by atoms with E-state index >= 15 is 0 Å². The molecule has 2 aromatic carbocycles. The van der Waals surface area contributed by atoms with Crippen LogP contribution in [0, 0.1) is 0 Å². The number of hydrogen-bond acceptors (Lipinski definition) is 6. The van der Waals surface area contributed by atoms with Crippen molar-refractivity contribution in [3.05, 3.63) is 80.5 Å². The van der Waals surface area contributed by atoms with E-state index in [-0.39, 0.29) is 23.4 Å². The predicted octanol–water partition coefficient (Wildman–Crippen LogP) is 5.79. The van der Waals surface area contributed by atoms with Crippen LogP contribution in [-0.4, -0.2) is 23.0 Å². The highest BCUT2D eigenvalue weighted by Gasteiger charge is 2.45. The summed E-state index contributed by atoms with van der Waals surface area (Å²) in [6.45, 7) is 0. The van der Waals surface area contributed by atoms with Gasteiger partial charge in [-0.3, -0.25) is 9.59 Å². The number of carbonyl (C=O) groups excluding carboxylic acids is 2. The van der Waals surface area contributed by atoms with E-state index in [1.165, 1.54) is 0 Å². The second-order valence-corrected chi connectivity index (χ2v) is 9.81. The number of rotatable bonds is 0. The molecule has 6 heteroatoms. The van der Waals surface area contributed by atoms with Gasteiger partial charge in [0.25, 0.3) is 0 Å². The van der Waals surface area contributed by atoms with Crippen molar-refractivity contribution in [3.63, 3.8) is 0 Å². The molecule has 0 radical (unpaired) electrons. The molecule has 0 bridgehead atoms. The predicted molar refractivity (Wildman–Crippen MR) is 119 cm³/mol. The van der Waals surface area contributed by atoms with Crippen molar-refractivity contribution in [2.75, 3.05) is 0 Å². The molecule has 2 aliphatic carbocycles. The summed E-state index contributed by atoms with van der Waals surface area (Å²) in [4.78, 5) is 36.7. The molecule has 4 heterocycles. The molecule has 140 valence electrons. The lowest BCUT2D eigenvalue weighted by atomic mass is 9.71. The number of benzene rings is 2. The maximum absolute atomic E-state index is 13.5. The Morgan fingerprint density at radius 2 is 1.03 bits per heavy atom. The number of carbonyl (C=O) groups is 2. The molecule has 0 saturated carbocycles. The molecule has 4 aromatic rings. The first-order valence-electron chi connectivity index (χ1n) is 9.73. The Kier molecular flexibility index (Phi) is 2.55. The summed E-state index contributed by atoms with van der Waals surface area (Å²) in [5.41, 5.74) is 6.96. The van der Waals surface area contributed by atoms with Gasteiger partial charge in [0, 0.05) is 44.2 Å². The average Bonchev–Trinajstić information content (AvgIpc) is 3.49. The van der Waals surface area contributed by atoms with E-state index in [0.717, 1.165) is 54.5 Å². The summed E-state index contributed by atoms with van der Waals surface area (Å²) in [5.74, 6) is -0.519. The third-order valence-electron chi connectivity index (χ3n) is 6.73. The first-order valence-corrected chi connectivity index (χ1v) is 11.5. The Bertz CT molecular complexity index is 1480. The summed E-state index contributed by atoms with van der Waals surface area (Å²) in [7, 11) is 0. The van der Waals surface area contributed by atoms with Crippen LogP contribution >= 0.6 is 22.7 Å². The highest BCUT2D eigenvalue weighted by molar-refractivity contribution is 7.14. The first-order chi connectivity index (χ1) is 14.7. The number of Topliss-reactive ketones (excluding diaryl/α,β-unsaturated/α-hetero) is 2. The Morgan fingerprint density at radius 3 is 1.50 bits per heavy atom. The van der Waals surface area contributed by atoms with Crippen molar-refractivity contribution in [1.82, 2.24) is 0 Å². The van der Waals surface area contributed by atoms with Gasteiger partial charge in [0.15, 0.2) is 11.6 Å². The second kappa shape index (κ2) is 4.91. The lowest BCUT2D eigenvalue weighted by Crippen LogP contribution is -2.30. The maximum atomic E-state index is 13.5. The lowest BCUT2D eigenvalue weighted by Gasteiger charge is -2.28. The molecule has 8 rings (SSSR count). The Hall–Kier alpha value is -3.22. The van der Waals surface area contributed by atoms with Crippen LogP contribution in [0.3, 0.4) is 0 Å². The molecule has 0 N–H and O–H groups in total. The van der Waals surface area contributed by atoms with Gasteiger partial charge >= 0.3 is 0 Å². The van der Waals surface area contributed by atoms with Gasteiger partial charge in [0.2, 0.25) is 0 Å². The highest BCUT2D eigenvalue weighted by Crippen LogP contribution is 2.52. The van der Waals surface area contributed by atoms with E-state index in [0.29, 0.717) is 11.1 Å². The van der Waals surface area contributed by atoms with Crippen LogP contribution in [-0.2, 0) is 0 Å². The van der Waals surface area contributed by atoms with E-state index in [1.54, 1.807) is 22.7 Å². The van der Waals surface area contributed by atoms with Gasteiger partial charge in [-0.1, -0.05) is 24.3 Å². The van der Waals surface area contributed by atoms with Gasteiger partial charge in [-0.25, -0.2) is 9.98 Å². The summed E-state index contributed by atoms with van der Waals surface area (Å²) < 4.78 is 0. The normalized spacial score (nSPS) is 21.9. The van der Waals surface area contributed by atoms with Crippen LogP contribution in [0.2, 0.25) is 0 Å². The van der Waals surface area contributed by atoms with Crippen molar-refractivity contribution < 1.29 is 9.59 Å². The van der Waals surface area contributed by atoms with Crippen molar-refractivity contribution in [2.45, 2.75) is 11.8 Å². The highest BCUT2D eigenvalue weighted by atomic mass is 32.1. The molecule has 0 saturated heterocycles. The Morgan fingerprint density at radius 1 is 0.600 bits per heavy atom. The van der Waals surface area contributed by atoms with Crippen LogP contribution in [0.25, 0.3) is 10.8 Å². The molecule has 2 atom stereocenters. The minimum absolute atomic E-state index is 0.0733. The number of aliphatic imine (C=N–C) groups is 2. The quantitative estimate of drug-likeness (QED) is 0.360. The molecule has 0 amide bonds. The fourth-order valence-corrected chi connectivity index (χ4v) is 7.13. The van der Waals surface area contributed by atoms with Crippen LogP contribution in [0.1, 0.15) is 54.8 Å².